The maximum absolute atomic E-state index is 3.67. The van der Waals surface area contributed by atoms with Gasteiger partial charge in [0, 0.05) is 16.6 Å². The van der Waals surface area contributed by atoms with Crippen molar-refractivity contribution in [1.82, 2.24) is 5.32 Å². The monoisotopic (exact) mass is 236 g/mol. The Morgan fingerprint density at radius 1 is 1.31 bits per heavy atom. The molecule has 0 aliphatic carbocycles. The number of benzene rings is 1. The SMILES string of the molecule is CCSc1ccccc1NC1CCNCC1. The summed E-state index contributed by atoms with van der Waals surface area (Å²) in [6, 6.07) is 9.27. The van der Waals surface area contributed by atoms with Crippen molar-refractivity contribution in [2.75, 3.05) is 24.2 Å². The lowest BCUT2D eigenvalue weighted by Crippen LogP contribution is -2.35. The highest BCUT2D eigenvalue weighted by Crippen LogP contribution is 2.27. The molecule has 0 spiro atoms. The van der Waals surface area contributed by atoms with Gasteiger partial charge < -0.3 is 10.6 Å². The lowest BCUT2D eigenvalue weighted by atomic mass is 10.1. The van der Waals surface area contributed by atoms with Crippen LogP contribution in [0.3, 0.4) is 0 Å². The third-order valence-electron chi connectivity index (χ3n) is 2.89. The zero-order valence-electron chi connectivity index (χ0n) is 9.83. The number of hydrogen-bond acceptors (Lipinski definition) is 3. The van der Waals surface area contributed by atoms with Crippen LogP contribution in [-0.2, 0) is 0 Å². The standard InChI is InChI=1S/C13H20N2S/c1-2-16-13-6-4-3-5-12(13)15-11-7-9-14-10-8-11/h3-6,11,14-15H,2,7-10H2,1H3. The van der Waals surface area contributed by atoms with Gasteiger partial charge in [0.1, 0.15) is 0 Å². The Morgan fingerprint density at radius 3 is 2.81 bits per heavy atom. The number of anilines is 1. The lowest BCUT2D eigenvalue weighted by Gasteiger charge is -2.25. The molecule has 0 amide bonds. The summed E-state index contributed by atoms with van der Waals surface area (Å²) in [5, 5.41) is 7.07. The second-order valence-corrected chi connectivity index (χ2v) is 5.40. The third-order valence-corrected chi connectivity index (χ3v) is 3.84. The quantitative estimate of drug-likeness (QED) is 0.786. The van der Waals surface area contributed by atoms with Gasteiger partial charge in [0.2, 0.25) is 0 Å². The summed E-state index contributed by atoms with van der Waals surface area (Å²) in [4.78, 5) is 1.38. The predicted molar refractivity (Wildman–Crippen MR) is 72.4 cm³/mol. The summed E-state index contributed by atoms with van der Waals surface area (Å²) in [5.74, 6) is 1.13. The van der Waals surface area contributed by atoms with Crippen molar-refractivity contribution in [2.45, 2.75) is 30.7 Å². The summed E-state index contributed by atoms with van der Waals surface area (Å²) >= 11 is 1.91. The van der Waals surface area contributed by atoms with Crippen LogP contribution in [0.5, 0.6) is 0 Å². The van der Waals surface area contributed by atoms with E-state index in [1.165, 1.54) is 23.4 Å². The van der Waals surface area contributed by atoms with Crippen molar-refractivity contribution in [2.24, 2.45) is 0 Å². The van der Waals surface area contributed by atoms with Gasteiger partial charge in [-0.2, -0.15) is 0 Å². The Hall–Kier alpha value is -0.670. The molecule has 3 heteroatoms. The van der Waals surface area contributed by atoms with Gasteiger partial charge >= 0.3 is 0 Å². The van der Waals surface area contributed by atoms with Crippen molar-refractivity contribution in [3.8, 4) is 0 Å². The average Bonchev–Trinajstić information content (AvgIpc) is 2.33. The number of thioether (sulfide) groups is 1. The molecule has 0 radical (unpaired) electrons. The molecule has 1 aromatic rings. The normalized spacial score (nSPS) is 17.3. The first kappa shape index (κ1) is 11.8. The maximum atomic E-state index is 3.67. The topological polar surface area (TPSA) is 24.1 Å². The first-order valence-corrected chi connectivity index (χ1v) is 7.08. The molecule has 88 valence electrons. The number of hydrogen-bond donors (Lipinski definition) is 2. The van der Waals surface area contributed by atoms with Crippen LogP contribution in [0.15, 0.2) is 29.2 Å². The Labute approximate surface area is 102 Å². The Balaban J connectivity index is 2.01. The fraction of sp³-hybridized carbons (Fsp3) is 0.538. The van der Waals surface area contributed by atoms with Gasteiger partial charge in [0.15, 0.2) is 0 Å². The molecule has 2 rings (SSSR count). The van der Waals surface area contributed by atoms with Crippen molar-refractivity contribution in [3.05, 3.63) is 24.3 Å². The van der Waals surface area contributed by atoms with Crippen LogP contribution < -0.4 is 10.6 Å². The summed E-state index contributed by atoms with van der Waals surface area (Å²) in [5.41, 5.74) is 1.31. The van der Waals surface area contributed by atoms with E-state index >= 15 is 0 Å². The number of rotatable bonds is 4. The molecule has 2 N–H and O–H groups in total. The molecule has 1 aromatic carbocycles. The summed E-state index contributed by atoms with van der Waals surface area (Å²) < 4.78 is 0. The molecule has 1 aliphatic heterocycles. The van der Waals surface area contributed by atoms with Crippen LogP contribution in [0.2, 0.25) is 0 Å². The Kier molecular flexibility index (Phi) is 4.55. The third kappa shape index (κ3) is 3.16. The van der Waals surface area contributed by atoms with E-state index in [1.54, 1.807) is 0 Å². The lowest BCUT2D eigenvalue weighted by molar-refractivity contribution is 0.478. The largest absolute Gasteiger partial charge is 0.381 e. The van der Waals surface area contributed by atoms with Crippen LogP contribution in [0.25, 0.3) is 0 Å². The maximum Gasteiger partial charge on any atom is 0.0480 e. The van der Waals surface area contributed by atoms with Gasteiger partial charge in [-0.3, -0.25) is 0 Å². The molecule has 16 heavy (non-hydrogen) atoms. The molecule has 0 aromatic heterocycles. The van der Waals surface area contributed by atoms with E-state index in [9.17, 15) is 0 Å². The van der Waals surface area contributed by atoms with Gasteiger partial charge in [-0.15, -0.1) is 11.8 Å². The van der Waals surface area contributed by atoms with Crippen molar-refractivity contribution >= 4 is 17.4 Å². The number of para-hydroxylation sites is 1. The minimum Gasteiger partial charge on any atom is -0.381 e. The summed E-state index contributed by atoms with van der Waals surface area (Å²) in [7, 11) is 0. The molecule has 1 saturated heterocycles. The molecule has 0 atom stereocenters. The second-order valence-electron chi connectivity index (χ2n) is 4.10. The zero-order chi connectivity index (χ0) is 11.2. The van der Waals surface area contributed by atoms with Gasteiger partial charge in [0.05, 0.1) is 0 Å². The molecule has 2 nitrogen and oxygen atoms in total. The molecule has 1 aliphatic rings. The fourth-order valence-electron chi connectivity index (χ4n) is 2.05. The van der Waals surface area contributed by atoms with Gasteiger partial charge in [-0.25, -0.2) is 0 Å². The summed E-state index contributed by atoms with van der Waals surface area (Å²) in [6.45, 7) is 4.48. The minimum atomic E-state index is 0.639. The summed E-state index contributed by atoms with van der Waals surface area (Å²) in [6.07, 6.45) is 2.45. The van der Waals surface area contributed by atoms with Crippen molar-refractivity contribution in [3.63, 3.8) is 0 Å². The molecule has 0 unspecified atom stereocenters. The van der Waals surface area contributed by atoms with Gasteiger partial charge in [0.25, 0.3) is 0 Å². The van der Waals surface area contributed by atoms with Crippen LogP contribution in [0, 0.1) is 0 Å². The van der Waals surface area contributed by atoms with Gasteiger partial charge in [-0.05, 0) is 43.8 Å². The number of piperidine rings is 1. The number of nitrogens with one attached hydrogen (secondary N) is 2. The van der Waals surface area contributed by atoms with Gasteiger partial charge in [-0.1, -0.05) is 19.1 Å². The van der Waals surface area contributed by atoms with Crippen LogP contribution in [0.4, 0.5) is 5.69 Å². The van der Waals surface area contributed by atoms with E-state index in [1.807, 2.05) is 11.8 Å². The molecular formula is C13H20N2S. The molecular weight excluding hydrogens is 216 g/mol. The predicted octanol–water partition coefficient (Wildman–Crippen LogP) is 2.96. The van der Waals surface area contributed by atoms with E-state index < -0.39 is 0 Å². The van der Waals surface area contributed by atoms with E-state index in [2.05, 4.69) is 41.8 Å². The van der Waals surface area contributed by atoms with Crippen LogP contribution in [-0.4, -0.2) is 24.9 Å². The minimum absolute atomic E-state index is 0.639. The Bertz CT molecular complexity index is 321. The van der Waals surface area contributed by atoms with Crippen molar-refractivity contribution < 1.29 is 0 Å². The highest BCUT2D eigenvalue weighted by Gasteiger charge is 2.13. The molecule has 0 saturated carbocycles. The fourth-order valence-corrected chi connectivity index (χ4v) is 2.82. The van der Waals surface area contributed by atoms with E-state index in [0.717, 1.165) is 18.8 Å². The van der Waals surface area contributed by atoms with Crippen molar-refractivity contribution in [1.29, 1.82) is 0 Å². The Morgan fingerprint density at radius 2 is 2.06 bits per heavy atom. The molecule has 0 bridgehead atoms. The first-order valence-electron chi connectivity index (χ1n) is 6.09. The van der Waals surface area contributed by atoms with E-state index in [0.29, 0.717) is 6.04 Å². The second kappa shape index (κ2) is 6.16. The van der Waals surface area contributed by atoms with Crippen LogP contribution >= 0.6 is 11.8 Å². The highest BCUT2D eigenvalue weighted by atomic mass is 32.2. The molecule has 1 heterocycles. The van der Waals surface area contributed by atoms with E-state index in [-0.39, 0.29) is 0 Å². The average molecular weight is 236 g/mol. The zero-order valence-corrected chi connectivity index (χ0v) is 10.6. The molecule has 1 fully saturated rings. The van der Waals surface area contributed by atoms with E-state index in [4.69, 9.17) is 0 Å². The smallest absolute Gasteiger partial charge is 0.0480 e. The van der Waals surface area contributed by atoms with Crippen LogP contribution in [0.1, 0.15) is 19.8 Å². The first-order chi connectivity index (χ1) is 7.90. The highest BCUT2D eigenvalue weighted by molar-refractivity contribution is 7.99.